The number of rotatable bonds is 6. The Hall–Kier alpha value is -0.160. The van der Waals surface area contributed by atoms with Crippen LogP contribution >= 0.6 is 0 Å². The summed E-state index contributed by atoms with van der Waals surface area (Å²) in [5.74, 6) is 1.86. The summed E-state index contributed by atoms with van der Waals surface area (Å²) in [5, 5.41) is 0. The second-order valence-corrected chi connectivity index (χ2v) is 10.2. The maximum absolute atomic E-state index is 6.43. The Morgan fingerprint density at radius 2 is 1.59 bits per heavy atom. The van der Waals surface area contributed by atoms with Gasteiger partial charge >= 0.3 is 0 Å². The lowest BCUT2D eigenvalue weighted by Gasteiger charge is -2.63. The van der Waals surface area contributed by atoms with Crippen LogP contribution in [-0.4, -0.2) is 73.5 Å². The van der Waals surface area contributed by atoms with Crippen LogP contribution in [0.25, 0.3) is 0 Å². The molecule has 4 nitrogen and oxygen atoms in total. The molecule has 1 atom stereocenters. The van der Waals surface area contributed by atoms with E-state index < -0.39 is 0 Å². The number of hydrogen-bond donors (Lipinski definition) is 0. The standard InChI is InChI=1S/C23H40N2O2/c1-2-4-19(5-3-1)16-24-12-8-21(9-13-24)25-17-22(27-18-20-6-7-20)23(25)10-14-26-15-11-23/h19-22H,1-18H2. The third kappa shape index (κ3) is 4.10. The molecule has 0 N–H and O–H groups in total. The monoisotopic (exact) mass is 376 g/mol. The highest BCUT2D eigenvalue weighted by Gasteiger charge is 2.57. The second kappa shape index (κ2) is 8.30. The first kappa shape index (κ1) is 18.8. The molecule has 0 radical (unpaired) electrons. The molecule has 3 saturated heterocycles. The average Bonchev–Trinajstić information content (AvgIpc) is 3.54. The fraction of sp³-hybridized carbons (Fsp3) is 1.00. The van der Waals surface area contributed by atoms with Crippen LogP contribution in [0.4, 0.5) is 0 Å². The van der Waals surface area contributed by atoms with Crippen molar-refractivity contribution in [1.29, 1.82) is 0 Å². The van der Waals surface area contributed by atoms with Crippen molar-refractivity contribution in [2.45, 2.75) is 88.3 Å². The minimum Gasteiger partial charge on any atom is -0.381 e. The van der Waals surface area contributed by atoms with Gasteiger partial charge in [-0.25, -0.2) is 0 Å². The minimum atomic E-state index is 0.309. The molecular formula is C23H40N2O2. The topological polar surface area (TPSA) is 24.9 Å². The molecule has 5 rings (SSSR count). The van der Waals surface area contributed by atoms with E-state index in [0.29, 0.717) is 11.6 Å². The van der Waals surface area contributed by atoms with Crippen molar-refractivity contribution in [3.8, 4) is 0 Å². The summed E-state index contributed by atoms with van der Waals surface area (Å²) in [7, 11) is 0. The van der Waals surface area contributed by atoms with Gasteiger partial charge in [-0.15, -0.1) is 0 Å². The summed E-state index contributed by atoms with van der Waals surface area (Å²) in [6, 6.07) is 0.784. The number of ether oxygens (including phenoxy) is 2. The lowest BCUT2D eigenvalue weighted by molar-refractivity contribution is -0.218. The number of likely N-dealkylation sites (tertiary alicyclic amines) is 2. The molecule has 0 aromatic rings. The Bertz CT molecular complexity index is 475. The molecule has 1 unspecified atom stereocenters. The molecular weight excluding hydrogens is 336 g/mol. The summed E-state index contributed by atoms with van der Waals surface area (Å²) in [5.41, 5.74) is 0.309. The molecule has 2 aliphatic carbocycles. The lowest BCUT2D eigenvalue weighted by atomic mass is 9.73. The van der Waals surface area contributed by atoms with Crippen molar-refractivity contribution < 1.29 is 9.47 Å². The largest absolute Gasteiger partial charge is 0.381 e. The van der Waals surface area contributed by atoms with E-state index >= 15 is 0 Å². The van der Waals surface area contributed by atoms with Crippen LogP contribution in [0.15, 0.2) is 0 Å². The third-order valence-electron chi connectivity index (χ3n) is 8.36. The van der Waals surface area contributed by atoms with Gasteiger partial charge in [-0.3, -0.25) is 4.90 Å². The van der Waals surface area contributed by atoms with Gasteiger partial charge in [0.15, 0.2) is 0 Å². The van der Waals surface area contributed by atoms with Crippen LogP contribution in [0.3, 0.4) is 0 Å². The highest BCUT2D eigenvalue weighted by molar-refractivity contribution is 5.11. The summed E-state index contributed by atoms with van der Waals surface area (Å²) < 4.78 is 12.2. The van der Waals surface area contributed by atoms with E-state index in [1.54, 1.807) is 0 Å². The van der Waals surface area contributed by atoms with Crippen LogP contribution < -0.4 is 0 Å². The van der Waals surface area contributed by atoms with Gasteiger partial charge in [-0.05, 0) is 76.3 Å². The normalized spacial score (nSPS) is 34.0. The first-order valence-electron chi connectivity index (χ1n) is 12.0. The Labute approximate surface area is 165 Å². The zero-order chi connectivity index (χ0) is 18.1. The Balaban J connectivity index is 1.14. The molecule has 5 aliphatic rings. The fourth-order valence-corrected chi connectivity index (χ4v) is 6.34. The van der Waals surface area contributed by atoms with Crippen molar-refractivity contribution in [2.75, 3.05) is 46.0 Å². The van der Waals surface area contributed by atoms with Gasteiger partial charge in [0.05, 0.1) is 11.6 Å². The molecule has 0 aromatic heterocycles. The van der Waals surface area contributed by atoms with Crippen LogP contribution in [-0.2, 0) is 9.47 Å². The van der Waals surface area contributed by atoms with E-state index in [1.807, 2.05) is 0 Å². The van der Waals surface area contributed by atoms with Gasteiger partial charge in [0.2, 0.25) is 0 Å². The molecule has 27 heavy (non-hydrogen) atoms. The Morgan fingerprint density at radius 1 is 0.852 bits per heavy atom. The summed E-state index contributed by atoms with van der Waals surface area (Å²) in [6.07, 6.45) is 15.8. The molecule has 2 saturated carbocycles. The molecule has 0 aromatic carbocycles. The SMILES string of the molecule is C1CCC(CN2CCC(N3CC(OCC4CC4)C34CCOCC4)CC2)CC1. The zero-order valence-corrected chi connectivity index (χ0v) is 17.2. The van der Waals surface area contributed by atoms with Crippen LogP contribution in [0.5, 0.6) is 0 Å². The minimum absolute atomic E-state index is 0.309. The van der Waals surface area contributed by atoms with Crippen molar-refractivity contribution in [1.82, 2.24) is 9.80 Å². The fourth-order valence-electron chi connectivity index (χ4n) is 6.34. The van der Waals surface area contributed by atoms with Crippen molar-refractivity contribution in [3.63, 3.8) is 0 Å². The highest BCUT2D eigenvalue weighted by Crippen LogP contribution is 2.45. The molecule has 154 valence electrons. The summed E-state index contributed by atoms with van der Waals surface area (Å²) in [6.45, 7) is 8.07. The maximum atomic E-state index is 6.43. The number of hydrogen-bond acceptors (Lipinski definition) is 4. The van der Waals surface area contributed by atoms with E-state index in [0.717, 1.165) is 37.7 Å². The molecule has 0 amide bonds. The van der Waals surface area contributed by atoms with Crippen molar-refractivity contribution >= 4 is 0 Å². The molecule has 5 fully saturated rings. The highest BCUT2D eigenvalue weighted by atomic mass is 16.5. The van der Waals surface area contributed by atoms with Gasteiger partial charge in [0.25, 0.3) is 0 Å². The van der Waals surface area contributed by atoms with Crippen molar-refractivity contribution in [2.24, 2.45) is 11.8 Å². The predicted molar refractivity (Wildman–Crippen MR) is 108 cm³/mol. The van der Waals surface area contributed by atoms with E-state index in [9.17, 15) is 0 Å². The van der Waals surface area contributed by atoms with Crippen LogP contribution in [0.2, 0.25) is 0 Å². The second-order valence-electron chi connectivity index (χ2n) is 10.2. The van der Waals surface area contributed by atoms with E-state index in [-0.39, 0.29) is 0 Å². The van der Waals surface area contributed by atoms with Gasteiger partial charge in [-0.2, -0.15) is 0 Å². The van der Waals surface area contributed by atoms with Gasteiger partial charge < -0.3 is 14.4 Å². The molecule has 1 spiro atoms. The first-order chi connectivity index (χ1) is 13.3. The average molecular weight is 377 g/mol. The smallest absolute Gasteiger partial charge is 0.0887 e. The molecule has 0 bridgehead atoms. The molecule has 3 heterocycles. The summed E-state index contributed by atoms with van der Waals surface area (Å²) in [4.78, 5) is 5.65. The van der Waals surface area contributed by atoms with E-state index in [2.05, 4.69) is 9.80 Å². The first-order valence-corrected chi connectivity index (χ1v) is 12.0. The van der Waals surface area contributed by atoms with Gasteiger partial charge in [0.1, 0.15) is 0 Å². The third-order valence-corrected chi connectivity index (χ3v) is 8.36. The number of piperidine rings is 1. The Morgan fingerprint density at radius 3 is 2.30 bits per heavy atom. The quantitative estimate of drug-likeness (QED) is 0.706. The van der Waals surface area contributed by atoms with Gasteiger partial charge in [-0.1, -0.05) is 19.3 Å². The lowest BCUT2D eigenvalue weighted by Crippen LogP contribution is -2.76. The molecule has 4 heteroatoms. The zero-order valence-electron chi connectivity index (χ0n) is 17.2. The van der Waals surface area contributed by atoms with E-state index in [1.165, 1.54) is 96.8 Å². The summed E-state index contributed by atoms with van der Waals surface area (Å²) >= 11 is 0. The van der Waals surface area contributed by atoms with Crippen molar-refractivity contribution in [3.05, 3.63) is 0 Å². The van der Waals surface area contributed by atoms with Gasteiger partial charge in [0, 0.05) is 39.0 Å². The predicted octanol–water partition coefficient (Wildman–Crippen LogP) is 3.69. The Kier molecular flexibility index (Phi) is 5.79. The molecule has 3 aliphatic heterocycles. The van der Waals surface area contributed by atoms with Crippen LogP contribution in [0, 0.1) is 11.8 Å². The maximum Gasteiger partial charge on any atom is 0.0887 e. The number of nitrogens with zero attached hydrogens (tertiary/aromatic N) is 2. The van der Waals surface area contributed by atoms with E-state index in [4.69, 9.17) is 9.47 Å². The van der Waals surface area contributed by atoms with Crippen LogP contribution in [0.1, 0.15) is 70.6 Å².